The Balaban J connectivity index is 0.00000261. The quantitative estimate of drug-likeness (QED) is 0.358. The average molecular weight is 484 g/mol. The first kappa shape index (κ1) is 21.4. The van der Waals surface area contributed by atoms with Gasteiger partial charge in [-0.1, -0.05) is 24.3 Å². The zero-order chi connectivity index (χ0) is 18.4. The molecule has 2 N–H and O–H groups in total. The molecule has 27 heavy (non-hydrogen) atoms. The van der Waals surface area contributed by atoms with Gasteiger partial charge in [0.15, 0.2) is 5.96 Å². The van der Waals surface area contributed by atoms with Gasteiger partial charge in [-0.2, -0.15) is 0 Å². The Morgan fingerprint density at radius 1 is 1.22 bits per heavy atom. The van der Waals surface area contributed by atoms with Crippen molar-refractivity contribution in [3.63, 3.8) is 0 Å². The Bertz CT molecular complexity index is 763. The van der Waals surface area contributed by atoms with Crippen LogP contribution in [0.15, 0.2) is 47.6 Å². The van der Waals surface area contributed by atoms with Gasteiger partial charge >= 0.3 is 0 Å². The molecule has 0 saturated heterocycles. The van der Waals surface area contributed by atoms with Crippen LogP contribution in [-0.4, -0.2) is 31.1 Å². The number of aliphatic imine (C=N–C) groups is 1. The maximum absolute atomic E-state index is 14.1. The second-order valence-corrected chi connectivity index (χ2v) is 6.52. The number of methoxy groups -OCH3 is 1. The molecule has 1 fully saturated rings. The molecule has 1 heterocycles. The lowest BCUT2D eigenvalue weighted by Gasteiger charge is -2.19. The molecule has 1 aliphatic rings. The molecule has 0 radical (unpaired) electrons. The Hall–Kier alpha value is -1.90. The summed E-state index contributed by atoms with van der Waals surface area (Å²) in [4.78, 5) is 8.80. The van der Waals surface area contributed by atoms with Crippen LogP contribution in [0.4, 0.5) is 4.39 Å². The summed E-state index contributed by atoms with van der Waals surface area (Å²) in [5.41, 5.74) is 1.67. The summed E-state index contributed by atoms with van der Waals surface area (Å²) in [5.74, 6) is 1.19. The van der Waals surface area contributed by atoms with Crippen molar-refractivity contribution in [3.05, 3.63) is 59.5 Å². The molecule has 1 aromatic heterocycles. The van der Waals surface area contributed by atoms with Crippen LogP contribution in [0.3, 0.4) is 0 Å². The fourth-order valence-corrected chi connectivity index (χ4v) is 2.97. The number of halogens is 2. The predicted octanol–water partition coefficient (Wildman–Crippen LogP) is 3.63. The van der Waals surface area contributed by atoms with Crippen LogP contribution >= 0.6 is 24.0 Å². The molecular weight excluding hydrogens is 458 g/mol. The highest BCUT2D eigenvalue weighted by atomic mass is 127. The van der Waals surface area contributed by atoms with Gasteiger partial charge in [-0.15, -0.1) is 24.0 Å². The Kier molecular flexibility index (Phi) is 7.82. The summed E-state index contributed by atoms with van der Waals surface area (Å²) in [5, 5.41) is 6.61. The van der Waals surface area contributed by atoms with Crippen LogP contribution in [0, 0.1) is 5.82 Å². The van der Waals surface area contributed by atoms with Gasteiger partial charge in [0.1, 0.15) is 5.82 Å². The maximum Gasteiger partial charge on any atom is 0.212 e. The first-order valence-corrected chi connectivity index (χ1v) is 8.93. The molecule has 1 saturated carbocycles. The van der Waals surface area contributed by atoms with Gasteiger partial charge < -0.3 is 15.4 Å². The highest BCUT2D eigenvalue weighted by Gasteiger charge is 2.45. The number of nitrogens with one attached hydrogen (secondary N) is 2. The highest BCUT2D eigenvalue weighted by Crippen LogP contribution is 2.48. The minimum Gasteiger partial charge on any atom is -0.481 e. The van der Waals surface area contributed by atoms with E-state index in [0.717, 1.165) is 36.5 Å². The minimum absolute atomic E-state index is 0. The van der Waals surface area contributed by atoms with Gasteiger partial charge in [0.2, 0.25) is 5.88 Å². The molecule has 0 spiro atoms. The molecule has 7 heteroatoms. The number of pyridine rings is 1. The van der Waals surface area contributed by atoms with Crippen molar-refractivity contribution in [3.8, 4) is 5.88 Å². The molecule has 0 bridgehead atoms. The van der Waals surface area contributed by atoms with E-state index in [1.165, 1.54) is 6.07 Å². The summed E-state index contributed by atoms with van der Waals surface area (Å²) in [7, 11) is 1.59. The van der Waals surface area contributed by atoms with Crippen LogP contribution in [0.5, 0.6) is 5.88 Å². The molecule has 0 aliphatic heterocycles. The third-order valence-electron chi connectivity index (χ3n) is 4.66. The van der Waals surface area contributed by atoms with Crippen molar-refractivity contribution < 1.29 is 9.13 Å². The maximum atomic E-state index is 14.1. The molecule has 1 aliphatic carbocycles. The molecule has 0 unspecified atom stereocenters. The van der Waals surface area contributed by atoms with E-state index in [2.05, 4.69) is 20.6 Å². The number of ether oxygens (including phenoxy) is 1. The standard InChI is InChI=1S/C20H25FN4O.HI/c1-3-22-19(24-13-15-8-9-18(26-2)23-12-15)25-14-20(10-11-20)16-6-4-5-7-17(16)21;/h4-9,12H,3,10-11,13-14H2,1-2H3,(H2,22,24,25);1H. The minimum atomic E-state index is -0.127. The first-order chi connectivity index (χ1) is 12.7. The summed E-state index contributed by atoms with van der Waals surface area (Å²) in [6.07, 6.45) is 3.74. The van der Waals surface area contributed by atoms with E-state index < -0.39 is 0 Å². The zero-order valence-electron chi connectivity index (χ0n) is 15.7. The summed E-state index contributed by atoms with van der Waals surface area (Å²) < 4.78 is 19.2. The monoisotopic (exact) mass is 484 g/mol. The molecule has 1 aromatic carbocycles. The normalized spacial score (nSPS) is 14.9. The van der Waals surface area contributed by atoms with Gasteiger partial charge in [0.25, 0.3) is 0 Å². The van der Waals surface area contributed by atoms with Crippen LogP contribution in [0.1, 0.15) is 30.9 Å². The van der Waals surface area contributed by atoms with Crippen LogP contribution in [0.25, 0.3) is 0 Å². The number of guanidine groups is 1. The van der Waals surface area contributed by atoms with Crippen LogP contribution in [0.2, 0.25) is 0 Å². The fraction of sp³-hybridized carbons (Fsp3) is 0.400. The predicted molar refractivity (Wildman–Crippen MR) is 116 cm³/mol. The lowest BCUT2D eigenvalue weighted by atomic mass is 9.95. The molecular formula is C20H26FIN4O. The third kappa shape index (κ3) is 5.54. The van der Waals surface area contributed by atoms with E-state index in [1.807, 2.05) is 31.2 Å². The van der Waals surface area contributed by atoms with E-state index >= 15 is 0 Å². The number of nitrogens with zero attached hydrogens (tertiary/aromatic N) is 2. The lowest BCUT2D eigenvalue weighted by Crippen LogP contribution is -2.41. The number of hydrogen-bond donors (Lipinski definition) is 2. The van der Waals surface area contributed by atoms with Crippen LogP contribution in [-0.2, 0) is 12.0 Å². The average Bonchev–Trinajstić information content (AvgIpc) is 3.46. The van der Waals surface area contributed by atoms with Gasteiger partial charge in [-0.25, -0.2) is 14.4 Å². The second-order valence-electron chi connectivity index (χ2n) is 6.52. The molecule has 146 valence electrons. The smallest absolute Gasteiger partial charge is 0.212 e. The summed E-state index contributed by atoms with van der Waals surface area (Å²) in [6.45, 7) is 3.97. The Labute approximate surface area is 176 Å². The van der Waals surface area contributed by atoms with E-state index in [4.69, 9.17) is 4.74 Å². The van der Waals surface area contributed by atoms with E-state index in [0.29, 0.717) is 19.0 Å². The number of benzene rings is 1. The third-order valence-corrected chi connectivity index (χ3v) is 4.66. The van der Waals surface area contributed by atoms with Crippen LogP contribution < -0.4 is 15.4 Å². The van der Waals surface area contributed by atoms with Gasteiger partial charge in [0.05, 0.1) is 13.7 Å². The highest BCUT2D eigenvalue weighted by molar-refractivity contribution is 14.0. The fourth-order valence-electron chi connectivity index (χ4n) is 2.97. The van der Waals surface area contributed by atoms with Crippen molar-refractivity contribution >= 4 is 29.9 Å². The molecule has 0 amide bonds. The van der Waals surface area contributed by atoms with Crippen molar-refractivity contribution in [2.45, 2.75) is 31.7 Å². The van der Waals surface area contributed by atoms with Crippen molar-refractivity contribution in [2.75, 3.05) is 20.2 Å². The van der Waals surface area contributed by atoms with E-state index in [-0.39, 0.29) is 35.2 Å². The zero-order valence-corrected chi connectivity index (χ0v) is 18.0. The Morgan fingerprint density at radius 2 is 2.00 bits per heavy atom. The number of hydrogen-bond acceptors (Lipinski definition) is 3. The first-order valence-electron chi connectivity index (χ1n) is 8.93. The Morgan fingerprint density at radius 3 is 2.59 bits per heavy atom. The number of aromatic nitrogens is 1. The van der Waals surface area contributed by atoms with E-state index in [1.54, 1.807) is 19.4 Å². The molecule has 5 nitrogen and oxygen atoms in total. The van der Waals surface area contributed by atoms with Crippen molar-refractivity contribution in [1.82, 2.24) is 15.6 Å². The number of rotatable bonds is 7. The van der Waals surface area contributed by atoms with Gasteiger partial charge in [-0.05, 0) is 37.0 Å². The van der Waals surface area contributed by atoms with Gasteiger partial charge in [0, 0.05) is 30.8 Å². The molecule has 3 rings (SSSR count). The van der Waals surface area contributed by atoms with Crippen molar-refractivity contribution in [2.24, 2.45) is 4.99 Å². The van der Waals surface area contributed by atoms with Crippen molar-refractivity contribution in [1.29, 1.82) is 0 Å². The summed E-state index contributed by atoms with van der Waals surface area (Å²) >= 11 is 0. The van der Waals surface area contributed by atoms with E-state index in [9.17, 15) is 4.39 Å². The lowest BCUT2D eigenvalue weighted by molar-refractivity contribution is 0.397. The summed E-state index contributed by atoms with van der Waals surface area (Å²) in [6, 6.07) is 10.8. The largest absolute Gasteiger partial charge is 0.481 e. The topological polar surface area (TPSA) is 58.5 Å². The van der Waals surface area contributed by atoms with Gasteiger partial charge in [-0.3, -0.25) is 0 Å². The molecule has 2 aromatic rings. The molecule has 0 atom stereocenters. The SMILES string of the molecule is CCNC(=NCc1ccc(OC)nc1)NCC1(c2ccccc2F)CC1.I. The second kappa shape index (κ2) is 9.87.